The third kappa shape index (κ3) is 3.63. The van der Waals surface area contributed by atoms with Crippen molar-refractivity contribution in [2.75, 3.05) is 11.9 Å². The van der Waals surface area contributed by atoms with E-state index in [1.54, 1.807) is 18.3 Å². The van der Waals surface area contributed by atoms with Gasteiger partial charge in [0.05, 0.1) is 10.4 Å². The molecular weight excluding hydrogens is 318 g/mol. The lowest BCUT2D eigenvalue weighted by Crippen LogP contribution is -2.08. The Bertz CT molecular complexity index is 948. The van der Waals surface area contributed by atoms with Gasteiger partial charge in [0.25, 0.3) is 5.69 Å². The first-order valence-corrected chi connectivity index (χ1v) is 7.92. The SMILES string of the molecule is CC(=O)c1ccc(NCCc2cccc3cccnc23)c([N+](=O)[O-])c1. The highest BCUT2D eigenvalue weighted by Crippen LogP contribution is 2.26. The van der Waals surface area contributed by atoms with Crippen LogP contribution in [0.15, 0.2) is 54.7 Å². The number of nitro groups is 1. The average Bonchev–Trinajstić information content (AvgIpc) is 2.61. The minimum Gasteiger partial charge on any atom is -0.379 e. The van der Waals surface area contributed by atoms with Crippen molar-refractivity contribution in [1.82, 2.24) is 4.98 Å². The minimum absolute atomic E-state index is 0.0938. The lowest BCUT2D eigenvalue weighted by Gasteiger charge is -2.09. The van der Waals surface area contributed by atoms with Crippen molar-refractivity contribution in [3.8, 4) is 0 Å². The Morgan fingerprint density at radius 3 is 2.76 bits per heavy atom. The van der Waals surface area contributed by atoms with E-state index in [1.165, 1.54) is 13.0 Å². The number of para-hydroxylation sites is 1. The number of rotatable bonds is 6. The number of pyridine rings is 1. The first kappa shape index (κ1) is 16.6. The summed E-state index contributed by atoms with van der Waals surface area (Å²) in [6, 6.07) is 14.4. The van der Waals surface area contributed by atoms with E-state index >= 15 is 0 Å². The zero-order valence-electron chi connectivity index (χ0n) is 13.7. The average molecular weight is 335 g/mol. The van der Waals surface area contributed by atoms with E-state index in [1.807, 2.05) is 30.3 Å². The molecule has 0 aliphatic rings. The van der Waals surface area contributed by atoms with Crippen LogP contribution >= 0.6 is 0 Å². The highest BCUT2D eigenvalue weighted by atomic mass is 16.6. The van der Waals surface area contributed by atoms with Gasteiger partial charge in [0.1, 0.15) is 5.69 Å². The fraction of sp³-hybridized carbons (Fsp3) is 0.158. The topological polar surface area (TPSA) is 85.1 Å². The summed E-state index contributed by atoms with van der Waals surface area (Å²) in [6.45, 7) is 1.91. The maximum atomic E-state index is 11.4. The number of hydrogen-bond donors (Lipinski definition) is 1. The lowest BCUT2D eigenvalue weighted by molar-refractivity contribution is -0.384. The Morgan fingerprint density at radius 1 is 1.20 bits per heavy atom. The molecule has 0 spiro atoms. The van der Waals surface area contributed by atoms with E-state index < -0.39 is 4.92 Å². The van der Waals surface area contributed by atoms with E-state index in [-0.39, 0.29) is 11.5 Å². The summed E-state index contributed by atoms with van der Waals surface area (Å²) in [5.41, 5.74) is 2.66. The number of carbonyl (C=O) groups is 1. The second-order valence-electron chi connectivity index (χ2n) is 5.71. The molecule has 0 atom stereocenters. The molecule has 0 radical (unpaired) electrons. The van der Waals surface area contributed by atoms with Crippen molar-refractivity contribution >= 4 is 28.1 Å². The number of aromatic nitrogens is 1. The summed E-state index contributed by atoms with van der Waals surface area (Å²) in [6.07, 6.45) is 2.44. The Morgan fingerprint density at radius 2 is 2.00 bits per heavy atom. The largest absolute Gasteiger partial charge is 0.379 e. The third-order valence-corrected chi connectivity index (χ3v) is 4.03. The summed E-state index contributed by atoms with van der Waals surface area (Å²) in [4.78, 5) is 26.6. The van der Waals surface area contributed by atoms with Crippen LogP contribution in [0.4, 0.5) is 11.4 Å². The summed E-state index contributed by atoms with van der Waals surface area (Å²) in [5, 5.41) is 15.4. The molecule has 0 aliphatic carbocycles. The number of fused-ring (bicyclic) bond motifs is 1. The molecule has 0 unspecified atom stereocenters. The van der Waals surface area contributed by atoms with Crippen LogP contribution in [0.1, 0.15) is 22.8 Å². The second-order valence-corrected chi connectivity index (χ2v) is 5.71. The van der Waals surface area contributed by atoms with Gasteiger partial charge in [-0.2, -0.15) is 0 Å². The molecule has 1 N–H and O–H groups in total. The summed E-state index contributed by atoms with van der Waals surface area (Å²) < 4.78 is 0. The van der Waals surface area contributed by atoms with Crippen LogP contribution < -0.4 is 5.32 Å². The highest BCUT2D eigenvalue weighted by molar-refractivity contribution is 5.95. The highest BCUT2D eigenvalue weighted by Gasteiger charge is 2.16. The van der Waals surface area contributed by atoms with Crippen LogP contribution in [0.2, 0.25) is 0 Å². The fourth-order valence-corrected chi connectivity index (χ4v) is 2.75. The molecule has 0 saturated carbocycles. The summed E-state index contributed by atoms with van der Waals surface area (Å²) in [7, 11) is 0. The number of benzene rings is 2. The Labute approximate surface area is 144 Å². The van der Waals surface area contributed by atoms with Gasteiger partial charge in [-0.25, -0.2) is 0 Å². The van der Waals surface area contributed by atoms with Gasteiger partial charge < -0.3 is 5.32 Å². The number of Topliss-reactive ketones (excluding diaryl/α,β-unsaturated/α-hetero) is 1. The van der Waals surface area contributed by atoms with Gasteiger partial charge in [-0.1, -0.05) is 24.3 Å². The van der Waals surface area contributed by atoms with Gasteiger partial charge >= 0.3 is 0 Å². The molecular formula is C19H17N3O3. The molecule has 126 valence electrons. The van der Waals surface area contributed by atoms with Crippen molar-refractivity contribution in [3.63, 3.8) is 0 Å². The first-order chi connectivity index (χ1) is 12.1. The molecule has 3 aromatic rings. The van der Waals surface area contributed by atoms with E-state index in [9.17, 15) is 14.9 Å². The summed E-state index contributed by atoms with van der Waals surface area (Å²) in [5.74, 6) is -0.198. The third-order valence-electron chi connectivity index (χ3n) is 4.03. The molecule has 0 fully saturated rings. The Balaban J connectivity index is 1.77. The number of anilines is 1. The second kappa shape index (κ2) is 7.09. The van der Waals surface area contributed by atoms with Crippen LogP contribution in [0, 0.1) is 10.1 Å². The van der Waals surface area contributed by atoms with Crippen LogP contribution in [-0.4, -0.2) is 22.2 Å². The van der Waals surface area contributed by atoms with Crippen molar-refractivity contribution in [1.29, 1.82) is 0 Å². The molecule has 0 amide bonds. The molecule has 0 saturated heterocycles. The maximum absolute atomic E-state index is 11.4. The number of nitro benzene ring substituents is 1. The molecule has 0 bridgehead atoms. The fourth-order valence-electron chi connectivity index (χ4n) is 2.75. The van der Waals surface area contributed by atoms with E-state index in [2.05, 4.69) is 10.3 Å². The van der Waals surface area contributed by atoms with Crippen LogP contribution in [0.3, 0.4) is 0 Å². The smallest absolute Gasteiger partial charge is 0.293 e. The van der Waals surface area contributed by atoms with Gasteiger partial charge in [0, 0.05) is 29.8 Å². The number of carbonyl (C=O) groups excluding carboxylic acids is 1. The zero-order valence-corrected chi connectivity index (χ0v) is 13.7. The van der Waals surface area contributed by atoms with Gasteiger partial charge in [0.2, 0.25) is 0 Å². The van der Waals surface area contributed by atoms with Crippen LogP contribution in [0.25, 0.3) is 10.9 Å². The zero-order chi connectivity index (χ0) is 17.8. The maximum Gasteiger partial charge on any atom is 0.293 e. The lowest BCUT2D eigenvalue weighted by atomic mass is 10.1. The normalized spacial score (nSPS) is 10.6. The van der Waals surface area contributed by atoms with Crippen LogP contribution in [0.5, 0.6) is 0 Å². The Hall–Kier alpha value is -3.28. The number of ketones is 1. The van der Waals surface area contributed by atoms with E-state index in [4.69, 9.17) is 0 Å². The number of nitrogens with zero attached hydrogens (tertiary/aromatic N) is 2. The Kier molecular flexibility index (Phi) is 4.70. The van der Waals surface area contributed by atoms with E-state index in [0.717, 1.165) is 16.5 Å². The predicted molar refractivity (Wildman–Crippen MR) is 97.0 cm³/mol. The standard InChI is InChI=1S/C19H17N3O3/c1-13(23)16-7-8-17(18(12-16)22(24)25)20-11-9-15-5-2-4-14-6-3-10-21-19(14)15/h2-8,10,12,20H,9,11H2,1H3. The van der Waals surface area contributed by atoms with Crippen molar-refractivity contribution in [2.45, 2.75) is 13.3 Å². The van der Waals surface area contributed by atoms with Gasteiger partial charge in [-0.05, 0) is 37.1 Å². The van der Waals surface area contributed by atoms with Gasteiger partial charge in [0.15, 0.2) is 5.78 Å². The number of hydrogen-bond acceptors (Lipinski definition) is 5. The van der Waals surface area contributed by atoms with Crippen molar-refractivity contribution in [2.24, 2.45) is 0 Å². The van der Waals surface area contributed by atoms with Crippen molar-refractivity contribution in [3.05, 3.63) is 76.0 Å². The molecule has 1 aromatic heterocycles. The van der Waals surface area contributed by atoms with Crippen molar-refractivity contribution < 1.29 is 9.72 Å². The monoisotopic (exact) mass is 335 g/mol. The molecule has 6 heteroatoms. The molecule has 3 rings (SSSR count). The molecule has 0 aliphatic heterocycles. The number of nitrogens with one attached hydrogen (secondary N) is 1. The van der Waals surface area contributed by atoms with Crippen LogP contribution in [-0.2, 0) is 6.42 Å². The first-order valence-electron chi connectivity index (χ1n) is 7.92. The molecule has 25 heavy (non-hydrogen) atoms. The minimum atomic E-state index is -0.478. The van der Waals surface area contributed by atoms with Gasteiger partial charge in [-0.15, -0.1) is 0 Å². The quantitative estimate of drug-likeness (QED) is 0.418. The molecule has 6 nitrogen and oxygen atoms in total. The van der Waals surface area contributed by atoms with E-state index in [0.29, 0.717) is 24.2 Å². The molecule has 1 heterocycles. The summed E-state index contributed by atoms with van der Waals surface area (Å²) >= 11 is 0. The molecule has 2 aromatic carbocycles. The predicted octanol–water partition coefficient (Wildman–Crippen LogP) is 4.00. The van der Waals surface area contributed by atoms with Gasteiger partial charge in [-0.3, -0.25) is 19.9 Å².